The lowest BCUT2D eigenvalue weighted by molar-refractivity contribution is 0.0942. The van der Waals surface area contributed by atoms with Crippen molar-refractivity contribution in [3.63, 3.8) is 0 Å². The number of ether oxygens (including phenoxy) is 1. The third-order valence-corrected chi connectivity index (χ3v) is 1.96. The van der Waals surface area contributed by atoms with Crippen LogP contribution in [0.5, 0.6) is 0 Å². The van der Waals surface area contributed by atoms with Crippen LogP contribution in [0.4, 0.5) is 5.82 Å². The molecule has 1 amide bonds. The van der Waals surface area contributed by atoms with Gasteiger partial charge in [-0.05, 0) is 18.6 Å². The molecule has 0 aliphatic heterocycles. The van der Waals surface area contributed by atoms with Crippen molar-refractivity contribution in [3.8, 4) is 0 Å². The molecule has 0 saturated carbocycles. The Balaban J connectivity index is 2.40. The number of carbonyl (C=O) groups is 1. The van der Waals surface area contributed by atoms with Crippen LogP contribution < -0.4 is 10.6 Å². The highest BCUT2D eigenvalue weighted by Gasteiger charge is 2.06. The van der Waals surface area contributed by atoms with E-state index in [1.807, 2.05) is 0 Å². The Morgan fingerprint density at radius 2 is 2.25 bits per heavy atom. The Morgan fingerprint density at radius 1 is 1.44 bits per heavy atom. The van der Waals surface area contributed by atoms with Crippen LogP contribution in [-0.4, -0.2) is 43.4 Å². The molecule has 88 valence electrons. The fraction of sp³-hybridized carbons (Fsp3) is 0.500. The van der Waals surface area contributed by atoms with Crippen LogP contribution in [0.1, 0.15) is 16.9 Å². The molecule has 1 heterocycles. The summed E-state index contributed by atoms with van der Waals surface area (Å²) in [5, 5.41) is 13.2. The van der Waals surface area contributed by atoms with Gasteiger partial charge in [-0.15, -0.1) is 10.2 Å². The van der Waals surface area contributed by atoms with Crippen molar-refractivity contribution in [1.29, 1.82) is 0 Å². The van der Waals surface area contributed by atoms with Crippen molar-refractivity contribution in [2.24, 2.45) is 0 Å². The molecule has 0 bridgehead atoms. The van der Waals surface area contributed by atoms with E-state index in [1.54, 1.807) is 26.3 Å². The highest BCUT2D eigenvalue weighted by molar-refractivity contribution is 5.92. The van der Waals surface area contributed by atoms with Gasteiger partial charge in [-0.3, -0.25) is 4.79 Å². The van der Waals surface area contributed by atoms with Crippen molar-refractivity contribution >= 4 is 11.7 Å². The molecule has 0 unspecified atom stereocenters. The van der Waals surface area contributed by atoms with Gasteiger partial charge in [-0.2, -0.15) is 0 Å². The van der Waals surface area contributed by atoms with Crippen molar-refractivity contribution < 1.29 is 9.53 Å². The molecule has 2 N–H and O–H groups in total. The zero-order valence-electron chi connectivity index (χ0n) is 9.49. The Morgan fingerprint density at radius 3 is 2.81 bits per heavy atom. The van der Waals surface area contributed by atoms with E-state index in [-0.39, 0.29) is 5.91 Å². The molecule has 6 nitrogen and oxygen atoms in total. The second-order valence-corrected chi connectivity index (χ2v) is 3.16. The molecule has 6 heteroatoms. The predicted octanol–water partition coefficient (Wildman–Crippen LogP) is 0.285. The summed E-state index contributed by atoms with van der Waals surface area (Å²) in [5.41, 5.74) is 0.316. The molecule has 1 aromatic rings. The van der Waals surface area contributed by atoms with E-state index in [4.69, 9.17) is 4.74 Å². The molecule has 0 fully saturated rings. The molecule has 0 atom stereocenters. The average Bonchev–Trinajstić information content (AvgIpc) is 2.34. The van der Waals surface area contributed by atoms with Gasteiger partial charge in [-0.1, -0.05) is 0 Å². The summed E-state index contributed by atoms with van der Waals surface area (Å²) in [5.74, 6) is 0.419. The second-order valence-electron chi connectivity index (χ2n) is 3.16. The van der Waals surface area contributed by atoms with Gasteiger partial charge in [0, 0.05) is 27.3 Å². The maximum absolute atomic E-state index is 11.5. The van der Waals surface area contributed by atoms with Gasteiger partial charge in [0.15, 0.2) is 5.69 Å². The van der Waals surface area contributed by atoms with Gasteiger partial charge in [0.1, 0.15) is 5.82 Å². The molecule has 0 spiro atoms. The maximum atomic E-state index is 11.5. The first-order valence-electron chi connectivity index (χ1n) is 5.06. The van der Waals surface area contributed by atoms with E-state index in [0.717, 1.165) is 6.42 Å². The number of aromatic nitrogens is 2. The number of hydrogen-bond donors (Lipinski definition) is 2. The monoisotopic (exact) mass is 224 g/mol. The van der Waals surface area contributed by atoms with Gasteiger partial charge in [0.05, 0.1) is 0 Å². The predicted molar refractivity (Wildman–Crippen MR) is 60.4 cm³/mol. The third kappa shape index (κ3) is 3.82. The SMILES string of the molecule is CNc1ccc(C(=O)NCCCOC)nn1. The number of methoxy groups -OCH3 is 1. The number of carbonyl (C=O) groups excluding carboxylic acids is 1. The molecule has 1 aromatic heterocycles. The quantitative estimate of drug-likeness (QED) is 0.679. The topological polar surface area (TPSA) is 76.1 Å². The summed E-state index contributed by atoms with van der Waals surface area (Å²) in [6.45, 7) is 1.20. The molecular formula is C10H16N4O2. The van der Waals surface area contributed by atoms with E-state index < -0.39 is 0 Å². The van der Waals surface area contributed by atoms with E-state index in [2.05, 4.69) is 20.8 Å². The minimum absolute atomic E-state index is 0.216. The van der Waals surface area contributed by atoms with Crippen molar-refractivity contribution in [1.82, 2.24) is 15.5 Å². The fourth-order valence-electron chi connectivity index (χ4n) is 1.10. The number of rotatable bonds is 6. The third-order valence-electron chi connectivity index (χ3n) is 1.96. The molecular weight excluding hydrogens is 208 g/mol. The van der Waals surface area contributed by atoms with Crippen LogP contribution in [0.2, 0.25) is 0 Å². The first-order chi connectivity index (χ1) is 7.77. The van der Waals surface area contributed by atoms with Gasteiger partial charge in [0.25, 0.3) is 5.91 Å². The zero-order valence-corrected chi connectivity index (χ0v) is 9.49. The number of nitrogens with one attached hydrogen (secondary N) is 2. The Kier molecular flexibility index (Phi) is 5.21. The smallest absolute Gasteiger partial charge is 0.271 e. The summed E-state index contributed by atoms with van der Waals surface area (Å²) in [6, 6.07) is 3.33. The van der Waals surface area contributed by atoms with Crippen LogP contribution >= 0.6 is 0 Å². The molecule has 0 aromatic carbocycles. The average molecular weight is 224 g/mol. The van der Waals surface area contributed by atoms with Crippen molar-refractivity contribution in [3.05, 3.63) is 17.8 Å². The fourth-order valence-corrected chi connectivity index (χ4v) is 1.10. The summed E-state index contributed by atoms with van der Waals surface area (Å²) in [4.78, 5) is 11.5. The second kappa shape index (κ2) is 6.73. The summed E-state index contributed by atoms with van der Waals surface area (Å²) < 4.78 is 4.87. The Hall–Kier alpha value is -1.69. The standard InChI is InChI=1S/C10H16N4O2/c1-11-9-5-4-8(13-14-9)10(15)12-6-3-7-16-2/h4-5H,3,6-7H2,1-2H3,(H,11,14)(H,12,15). The highest BCUT2D eigenvalue weighted by Crippen LogP contribution is 2.00. The maximum Gasteiger partial charge on any atom is 0.271 e. The summed E-state index contributed by atoms with van der Waals surface area (Å²) in [7, 11) is 3.37. The largest absolute Gasteiger partial charge is 0.385 e. The van der Waals surface area contributed by atoms with E-state index in [1.165, 1.54) is 0 Å². The van der Waals surface area contributed by atoms with Crippen molar-refractivity contribution in [2.75, 3.05) is 32.6 Å². The lowest BCUT2D eigenvalue weighted by atomic mass is 10.3. The number of anilines is 1. The number of hydrogen-bond acceptors (Lipinski definition) is 5. The molecule has 0 saturated heterocycles. The number of nitrogens with zero attached hydrogens (tertiary/aromatic N) is 2. The van der Waals surface area contributed by atoms with Gasteiger partial charge >= 0.3 is 0 Å². The summed E-state index contributed by atoms with van der Waals surface area (Å²) >= 11 is 0. The molecule has 1 rings (SSSR count). The van der Waals surface area contributed by atoms with Crippen LogP contribution in [0.15, 0.2) is 12.1 Å². The Labute approximate surface area is 94.4 Å². The lowest BCUT2D eigenvalue weighted by Crippen LogP contribution is -2.26. The van der Waals surface area contributed by atoms with Crippen LogP contribution in [-0.2, 0) is 4.74 Å². The Bertz CT molecular complexity index is 326. The number of amides is 1. The van der Waals surface area contributed by atoms with E-state index in [9.17, 15) is 4.79 Å². The van der Waals surface area contributed by atoms with Crippen LogP contribution in [0, 0.1) is 0 Å². The first-order valence-corrected chi connectivity index (χ1v) is 5.06. The minimum Gasteiger partial charge on any atom is -0.385 e. The lowest BCUT2D eigenvalue weighted by Gasteiger charge is -2.04. The van der Waals surface area contributed by atoms with Crippen LogP contribution in [0.3, 0.4) is 0 Å². The molecule has 0 radical (unpaired) electrons. The summed E-state index contributed by atoms with van der Waals surface area (Å²) in [6.07, 6.45) is 0.782. The van der Waals surface area contributed by atoms with Crippen LogP contribution in [0.25, 0.3) is 0 Å². The normalized spacial score (nSPS) is 9.88. The van der Waals surface area contributed by atoms with Crippen molar-refractivity contribution in [2.45, 2.75) is 6.42 Å². The van der Waals surface area contributed by atoms with Gasteiger partial charge in [-0.25, -0.2) is 0 Å². The van der Waals surface area contributed by atoms with Gasteiger partial charge < -0.3 is 15.4 Å². The minimum atomic E-state index is -0.216. The highest BCUT2D eigenvalue weighted by atomic mass is 16.5. The molecule has 16 heavy (non-hydrogen) atoms. The van der Waals surface area contributed by atoms with E-state index in [0.29, 0.717) is 24.7 Å². The van der Waals surface area contributed by atoms with E-state index >= 15 is 0 Å². The van der Waals surface area contributed by atoms with Gasteiger partial charge in [0.2, 0.25) is 0 Å². The molecule has 0 aliphatic carbocycles. The first kappa shape index (κ1) is 12.4. The molecule has 0 aliphatic rings. The zero-order chi connectivity index (χ0) is 11.8.